The molecule has 3 unspecified atom stereocenters. The van der Waals surface area contributed by atoms with Gasteiger partial charge in [0.25, 0.3) is 0 Å². The zero-order valence-corrected chi connectivity index (χ0v) is 21.4. The fraction of sp³-hybridized carbons (Fsp3) is 0.655. The van der Waals surface area contributed by atoms with Crippen molar-refractivity contribution in [2.24, 2.45) is 5.92 Å². The molecule has 3 saturated carbocycles. The third kappa shape index (κ3) is 5.34. The van der Waals surface area contributed by atoms with E-state index in [0.717, 1.165) is 68.3 Å². The van der Waals surface area contributed by atoms with Gasteiger partial charge in [-0.15, -0.1) is 0 Å². The summed E-state index contributed by atoms with van der Waals surface area (Å²) in [5.41, 5.74) is 4.19. The molecule has 3 aliphatic carbocycles. The second kappa shape index (κ2) is 10.8. The van der Waals surface area contributed by atoms with E-state index in [4.69, 9.17) is 4.74 Å². The quantitative estimate of drug-likeness (QED) is 0.483. The maximum atomic E-state index is 13.4. The number of aliphatic hydroxyl groups excluding tert-OH is 1. The maximum absolute atomic E-state index is 13.4. The van der Waals surface area contributed by atoms with Crippen LogP contribution >= 0.6 is 0 Å². The standard InChI is InChI=1S/C29H41N3O3/c1-3-35-29(34)26-19-30-32(27(26)20-15-16-20)25-14-8-10-22(18-25)21-9-7-11-23(17-21)28(33)31(2)24-12-5-4-6-13-24/h8,10,14,18-21,23-24,29,34H,3-7,9,11-13,15-17H2,1-2H3. The molecule has 0 bridgehead atoms. The molecular weight excluding hydrogens is 438 g/mol. The van der Waals surface area contributed by atoms with Gasteiger partial charge in [0, 0.05) is 37.1 Å². The summed E-state index contributed by atoms with van der Waals surface area (Å²) in [6, 6.07) is 9.10. The normalized spacial score (nSPS) is 24.3. The molecule has 3 atom stereocenters. The maximum Gasteiger partial charge on any atom is 0.225 e. The number of hydrogen-bond acceptors (Lipinski definition) is 4. The molecule has 1 heterocycles. The first-order chi connectivity index (χ1) is 17.1. The van der Waals surface area contributed by atoms with Crippen LogP contribution in [-0.4, -0.2) is 45.4 Å². The van der Waals surface area contributed by atoms with Gasteiger partial charge in [-0.2, -0.15) is 5.10 Å². The van der Waals surface area contributed by atoms with Crippen molar-refractivity contribution in [1.29, 1.82) is 0 Å². The zero-order chi connectivity index (χ0) is 24.4. The summed E-state index contributed by atoms with van der Waals surface area (Å²) in [7, 11) is 2.04. The molecule has 2 aromatic rings. The van der Waals surface area contributed by atoms with Crippen LogP contribution in [0, 0.1) is 5.92 Å². The monoisotopic (exact) mass is 479 g/mol. The van der Waals surface area contributed by atoms with Crippen molar-refractivity contribution in [3.63, 3.8) is 0 Å². The van der Waals surface area contributed by atoms with Crippen molar-refractivity contribution in [2.45, 2.75) is 102 Å². The smallest absolute Gasteiger partial charge is 0.225 e. The number of benzene rings is 1. The highest BCUT2D eigenvalue weighted by Gasteiger charge is 2.34. The molecule has 0 saturated heterocycles. The highest BCUT2D eigenvalue weighted by molar-refractivity contribution is 5.79. The molecule has 1 aromatic heterocycles. The summed E-state index contributed by atoms with van der Waals surface area (Å²) >= 11 is 0. The summed E-state index contributed by atoms with van der Waals surface area (Å²) < 4.78 is 7.48. The van der Waals surface area contributed by atoms with Crippen LogP contribution in [0.3, 0.4) is 0 Å². The Hall–Kier alpha value is -2.18. The lowest BCUT2D eigenvalue weighted by Crippen LogP contribution is -2.42. The number of ether oxygens (including phenoxy) is 1. The number of carbonyl (C=O) groups excluding carboxylic acids is 1. The Kier molecular flexibility index (Phi) is 7.59. The lowest BCUT2D eigenvalue weighted by molar-refractivity contribution is -0.138. The van der Waals surface area contributed by atoms with E-state index in [9.17, 15) is 9.90 Å². The van der Waals surface area contributed by atoms with Crippen LogP contribution in [0.2, 0.25) is 0 Å². The first kappa shape index (κ1) is 24.5. The van der Waals surface area contributed by atoms with Crippen LogP contribution in [-0.2, 0) is 9.53 Å². The number of nitrogens with zero attached hydrogens (tertiary/aromatic N) is 3. The second-order valence-electron chi connectivity index (χ2n) is 10.9. The van der Waals surface area contributed by atoms with Crippen LogP contribution in [0.15, 0.2) is 30.5 Å². The predicted molar refractivity (Wildman–Crippen MR) is 136 cm³/mol. The van der Waals surface area contributed by atoms with E-state index in [-0.39, 0.29) is 5.92 Å². The number of amides is 1. The third-order valence-electron chi connectivity index (χ3n) is 8.47. The lowest BCUT2D eigenvalue weighted by Gasteiger charge is -2.36. The Morgan fingerprint density at radius 1 is 1.11 bits per heavy atom. The number of carbonyl (C=O) groups is 1. The molecule has 190 valence electrons. The van der Waals surface area contributed by atoms with E-state index in [2.05, 4.69) is 34.3 Å². The second-order valence-corrected chi connectivity index (χ2v) is 10.9. The zero-order valence-electron chi connectivity index (χ0n) is 21.4. The van der Waals surface area contributed by atoms with Crippen LogP contribution in [0.25, 0.3) is 5.69 Å². The fourth-order valence-corrected chi connectivity index (χ4v) is 6.34. The number of aliphatic hydroxyl groups is 1. The van der Waals surface area contributed by atoms with Crippen LogP contribution in [0.1, 0.15) is 112 Å². The Morgan fingerprint density at radius 2 is 1.91 bits per heavy atom. The van der Waals surface area contributed by atoms with E-state index in [1.807, 2.05) is 18.7 Å². The molecular formula is C29H41N3O3. The van der Waals surface area contributed by atoms with E-state index in [0.29, 0.717) is 30.4 Å². The predicted octanol–water partition coefficient (Wildman–Crippen LogP) is 5.84. The number of rotatable bonds is 8. The summed E-state index contributed by atoms with van der Waals surface area (Å²) in [5.74, 6) is 1.31. The Bertz CT molecular complexity index is 1010. The SMILES string of the molecule is CCOC(O)c1cnn(-c2cccc(C3CCCC(C(=O)N(C)C4CCCCC4)C3)c2)c1C1CC1. The number of aromatic nitrogens is 2. The minimum absolute atomic E-state index is 0.129. The molecule has 3 aliphatic rings. The first-order valence-corrected chi connectivity index (χ1v) is 13.8. The average molecular weight is 480 g/mol. The van der Waals surface area contributed by atoms with Gasteiger partial charge < -0.3 is 14.7 Å². The topological polar surface area (TPSA) is 67.6 Å². The highest BCUT2D eigenvalue weighted by Crippen LogP contribution is 2.44. The minimum atomic E-state index is -0.932. The van der Waals surface area contributed by atoms with Gasteiger partial charge >= 0.3 is 0 Å². The van der Waals surface area contributed by atoms with E-state index in [1.165, 1.54) is 24.8 Å². The van der Waals surface area contributed by atoms with Gasteiger partial charge in [0.1, 0.15) is 0 Å². The minimum Gasteiger partial charge on any atom is -0.364 e. The van der Waals surface area contributed by atoms with Gasteiger partial charge in [0.15, 0.2) is 6.29 Å². The molecule has 1 aromatic carbocycles. The highest BCUT2D eigenvalue weighted by atomic mass is 16.6. The van der Waals surface area contributed by atoms with Crippen molar-refractivity contribution in [3.05, 3.63) is 47.3 Å². The third-order valence-corrected chi connectivity index (χ3v) is 8.47. The van der Waals surface area contributed by atoms with E-state index >= 15 is 0 Å². The average Bonchev–Trinajstić information content (AvgIpc) is 3.65. The van der Waals surface area contributed by atoms with Gasteiger partial charge in [-0.25, -0.2) is 4.68 Å². The Labute approximate surface area is 209 Å². The van der Waals surface area contributed by atoms with Crippen molar-refractivity contribution in [2.75, 3.05) is 13.7 Å². The molecule has 0 radical (unpaired) electrons. The van der Waals surface area contributed by atoms with Gasteiger partial charge in [-0.1, -0.05) is 37.8 Å². The van der Waals surface area contributed by atoms with Crippen LogP contribution in [0.5, 0.6) is 0 Å². The van der Waals surface area contributed by atoms with Gasteiger partial charge in [-0.3, -0.25) is 4.79 Å². The molecule has 0 aliphatic heterocycles. The van der Waals surface area contributed by atoms with Gasteiger partial charge in [-0.05, 0) is 75.5 Å². The molecule has 1 amide bonds. The van der Waals surface area contributed by atoms with Crippen molar-refractivity contribution in [3.8, 4) is 5.69 Å². The summed E-state index contributed by atoms with van der Waals surface area (Å²) in [6.07, 6.45) is 13.4. The lowest BCUT2D eigenvalue weighted by atomic mass is 9.77. The largest absolute Gasteiger partial charge is 0.364 e. The van der Waals surface area contributed by atoms with Gasteiger partial charge in [0.05, 0.1) is 17.6 Å². The van der Waals surface area contributed by atoms with Crippen molar-refractivity contribution in [1.82, 2.24) is 14.7 Å². The van der Waals surface area contributed by atoms with Crippen molar-refractivity contribution >= 4 is 5.91 Å². The summed E-state index contributed by atoms with van der Waals surface area (Å²) in [5, 5.41) is 15.2. The molecule has 0 spiro atoms. The first-order valence-electron chi connectivity index (χ1n) is 13.8. The molecule has 6 heteroatoms. The Balaban J connectivity index is 1.33. The summed E-state index contributed by atoms with van der Waals surface area (Å²) in [4.78, 5) is 15.5. The number of hydrogen-bond donors (Lipinski definition) is 1. The Morgan fingerprint density at radius 3 is 2.66 bits per heavy atom. The van der Waals surface area contributed by atoms with Crippen LogP contribution < -0.4 is 0 Å². The fourth-order valence-electron chi connectivity index (χ4n) is 6.34. The van der Waals surface area contributed by atoms with E-state index in [1.54, 1.807) is 6.20 Å². The molecule has 5 rings (SSSR count). The van der Waals surface area contributed by atoms with Crippen molar-refractivity contribution < 1.29 is 14.6 Å². The van der Waals surface area contributed by atoms with Gasteiger partial charge in [0.2, 0.25) is 5.91 Å². The molecule has 6 nitrogen and oxygen atoms in total. The molecule has 35 heavy (non-hydrogen) atoms. The van der Waals surface area contributed by atoms with Crippen LogP contribution in [0.4, 0.5) is 0 Å². The molecule has 3 fully saturated rings. The summed E-state index contributed by atoms with van der Waals surface area (Å²) in [6.45, 7) is 2.35. The molecule has 1 N–H and O–H groups in total. The van der Waals surface area contributed by atoms with E-state index < -0.39 is 6.29 Å².